The highest BCUT2D eigenvalue weighted by Crippen LogP contribution is 1.99. The van der Waals surface area contributed by atoms with Crippen molar-refractivity contribution in [2.45, 2.75) is 19.1 Å². The van der Waals surface area contributed by atoms with Crippen LogP contribution in [-0.2, 0) is 9.59 Å². The second kappa shape index (κ2) is 5.66. The van der Waals surface area contributed by atoms with E-state index in [2.05, 4.69) is 24.5 Å². The summed E-state index contributed by atoms with van der Waals surface area (Å²) in [4.78, 5) is 21.7. The number of aliphatic carboxylic acids is 1. The van der Waals surface area contributed by atoms with Gasteiger partial charge in [-0.1, -0.05) is 6.58 Å². The average molecular weight is 219 g/mol. The smallest absolute Gasteiger partial charge is 0.330 e. The number of nitrogens with one attached hydrogen (secondary N) is 1. The predicted octanol–water partition coefficient (Wildman–Crippen LogP) is -0.577. The van der Waals surface area contributed by atoms with Crippen LogP contribution in [0.5, 0.6) is 0 Å². The molecule has 0 heterocycles. The van der Waals surface area contributed by atoms with Gasteiger partial charge in [-0.05, 0) is 12.5 Å². The Hall–Kier alpha value is -1.01. The highest BCUT2D eigenvalue weighted by Gasteiger charge is 2.23. The lowest BCUT2D eigenvalue weighted by atomic mass is 10.1. The number of carboxylic acid groups (broad SMARTS) is 1. The van der Waals surface area contributed by atoms with E-state index in [1.54, 1.807) is 0 Å². The number of aliphatic hydroxyl groups is 1. The summed E-state index contributed by atoms with van der Waals surface area (Å²) < 4.78 is 0. The van der Waals surface area contributed by atoms with Crippen molar-refractivity contribution in [3.8, 4) is 0 Å². The third-order valence-electron chi connectivity index (χ3n) is 1.50. The first-order chi connectivity index (χ1) is 6.40. The molecule has 14 heavy (non-hydrogen) atoms. The summed E-state index contributed by atoms with van der Waals surface area (Å²) in [5.41, 5.74) is 0.289. The van der Waals surface area contributed by atoms with E-state index >= 15 is 0 Å². The van der Waals surface area contributed by atoms with Crippen molar-refractivity contribution in [3.05, 3.63) is 12.2 Å². The maximum atomic E-state index is 11.1. The van der Waals surface area contributed by atoms with E-state index in [1.165, 1.54) is 6.92 Å². The summed E-state index contributed by atoms with van der Waals surface area (Å²) in [5, 5.41) is 19.8. The number of carboxylic acids is 1. The molecule has 0 aliphatic rings. The van der Waals surface area contributed by atoms with Gasteiger partial charge in [0.15, 0.2) is 0 Å². The Morgan fingerprint density at radius 2 is 2.07 bits per heavy atom. The first kappa shape index (κ1) is 13.0. The molecule has 0 saturated carbocycles. The molecule has 0 spiro atoms. The fourth-order valence-electron chi connectivity index (χ4n) is 0.717. The summed E-state index contributed by atoms with van der Waals surface area (Å²) >= 11 is 3.70. The molecular weight excluding hydrogens is 206 g/mol. The molecule has 0 aromatic rings. The van der Waals surface area contributed by atoms with E-state index in [9.17, 15) is 9.59 Å². The summed E-state index contributed by atoms with van der Waals surface area (Å²) in [6.45, 7) is 4.90. The van der Waals surface area contributed by atoms with Crippen LogP contribution in [0.25, 0.3) is 0 Å². The highest BCUT2D eigenvalue weighted by atomic mass is 32.1. The molecule has 2 atom stereocenters. The molecule has 80 valence electrons. The molecule has 0 aliphatic carbocycles. The summed E-state index contributed by atoms with van der Waals surface area (Å²) in [5.74, 6) is -2.04. The van der Waals surface area contributed by atoms with E-state index in [0.717, 1.165) is 0 Å². The van der Waals surface area contributed by atoms with E-state index in [0.29, 0.717) is 0 Å². The second-order valence-electron chi connectivity index (χ2n) is 2.82. The van der Waals surface area contributed by atoms with E-state index in [-0.39, 0.29) is 11.3 Å². The summed E-state index contributed by atoms with van der Waals surface area (Å²) in [6.07, 6.45) is -1.31. The monoisotopic (exact) mass is 219 g/mol. The van der Waals surface area contributed by atoms with Crippen LogP contribution in [0.4, 0.5) is 0 Å². The van der Waals surface area contributed by atoms with Gasteiger partial charge in [-0.2, -0.15) is 12.6 Å². The maximum Gasteiger partial charge on any atom is 0.330 e. The molecular formula is C8H13NO4S. The molecule has 0 aromatic heterocycles. The van der Waals surface area contributed by atoms with Crippen LogP contribution in [0.1, 0.15) is 6.92 Å². The number of hydrogen-bond acceptors (Lipinski definition) is 4. The predicted molar refractivity (Wildman–Crippen MR) is 54.2 cm³/mol. The van der Waals surface area contributed by atoms with Crippen LogP contribution < -0.4 is 5.32 Å². The van der Waals surface area contributed by atoms with Crippen molar-refractivity contribution in [2.24, 2.45) is 0 Å². The number of amides is 1. The van der Waals surface area contributed by atoms with Gasteiger partial charge in [0.2, 0.25) is 0 Å². The number of hydrogen-bond donors (Lipinski definition) is 4. The lowest BCUT2D eigenvalue weighted by Gasteiger charge is -2.16. The number of carbonyl (C=O) groups excluding carboxylic acids is 1. The van der Waals surface area contributed by atoms with Crippen molar-refractivity contribution in [1.82, 2.24) is 5.32 Å². The number of thiol groups is 1. The summed E-state index contributed by atoms with van der Waals surface area (Å²) in [7, 11) is 0. The van der Waals surface area contributed by atoms with Crippen molar-refractivity contribution < 1.29 is 19.8 Å². The quantitative estimate of drug-likeness (QED) is 0.368. The van der Waals surface area contributed by atoms with Gasteiger partial charge in [0.1, 0.15) is 12.1 Å². The Balaban J connectivity index is 4.39. The van der Waals surface area contributed by atoms with Crippen molar-refractivity contribution >= 4 is 24.5 Å². The molecule has 0 fully saturated rings. The first-order valence-electron chi connectivity index (χ1n) is 3.87. The second-order valence-corrected chi connectivity index (χ2v) is 3.19. The Kier molecular flexibility index (Phi) is 5.26. The minimum Gasteiger partial charge on any atom is -0.479 e. The van der Waals surface area contributed by atoms with Gasteiger partial charge < -0.3 is 15.5 Å². The van der Waals surface area contributed by atoms with Crippen molar-refractivity contribution in [1.29, 1.82) is 0 Å². The maximum absolute atomic E-state index is 11.1. The van der Waals surface area contributed by atoms with E-state index in [1.807, 2.05) is 0 Å². The van der Waals surface area contributed by atoms with Gasteiger partial charge in [-0.3, -0.25) is 4.79 Å². The molecule has 6 heteroatoms. The molecule has 0 saturated heterocycles. The molecule has 3 N–H and O–H groups in total. The zero-order chi connectivity index (χ0) is 11.3. The molecule has 0 aliphatic heterocycles. The topological polar surface area (TPSA) is 86.6 Å². The Morgan fingerprint density at radius 1 is 1.57 bits per heavy atom. The van der Waals surface area contributed by atoms with Gasteiger partial charge in [0.05, 0.1) is 0 Å². The molecule has 0 unspecified atom stereocenters. The van der Waals surface area contributed by atoms with Crippen LogP contribution in [0.2, 0.25) is 0 Å². The van der Waals surface area contributed by atoms with Crippen LogP contribution in [0.3, 0.4) is 0 Å². The van der Waals surface area contributed by atoms with Gasteiger partial charge in [0.25, 0.3) is 5.91 Å². The van der Waals surface area contributed by atoms with Crippen molar-refractivity contribution in [2.75, 3.05) is 5.75 Å². The molecule has 0 rings (SSSR count). The SMILES string of the molecule is C=C(C)[C@@H](NC(=O)[C@@H](O)CS)C(=O)O. The van der Waals surface area contributed by atoms with Gasteiger partial charge in [-0.15, -0.1) is 0 Å². The Morgan fingerprint density at radius 3 is 2.36 bits per heavy atom. The van der Waals surface area contributed by atoms with Crippen molar-refractivity contribution in [3.63, 3.8) is 0 Å². The van der Waals surface area contributed by atoms with Crippen LogP contribution >= 0.6 is 12.6 Å². The number of aliphatic hydroxyl groups excluding tert-OH is 1. The first-order valence-corrected chi connectivity index (χ1v) is 4.51. The summed E-state index contributed by atoms with van der Waals surface area (Å²) in [6, 6.07) is -1.17. The average Bonchev–Trinajstić information content (AvgIpc) is 2.11. The third kappa shape index (κ3) is 3.80. The fraction of sp³-hybridized carbons (Fsp3) is 0.500. The number of rotatable bonds is 5. The largest absolute Gasteiger partial charge is 0.479 e. The van der Waals surface area contributed by atoms with E-state index in [4.69, 9.17) is 10.2 Å². The van der Waals surface area contributed by atoms with Gasteiger partial charge >= 0.3 is 5.97 Å². The minimum absolute atomic E-state index is 0.0611. The molecule has 5 nitrogen and oxygen atoms in total. The molecule has 0 aromatic carbocycles. The Labute approximate surface area is 87.2 Å². The molecule has 0 bridgehead atoms. The Bertz CT molecular complexity index is 240. The standard InChI is InChI=1S/C8H13NO4S/c1-4(2)6(8(12)13)9-7(11)5(10)3-14/h5-6,10,14H,1,3H2,2H3,(H,9,11)(H,12,13)/t5-,6+/m0/s1. The zero-order valence-electron chi connectivity index (χ0n) is 7.73. The number of carbonyl (C=O) groups is 2. The van der Waals surface area contributed by atoms with Crippen LogP contribution in [0, 0.1) is 0 Å². The fourth-order valence-corrected chi connectivity index (χ4v) is 0.883. The lowest BCUT2D eigenvalue weighted by molar-refractivity contribution is -0.141. The third-order valence-corrected chi connectivity index (χ3v) is 1.85. The molecule has 1 amide bonds. The molecule has 0 radical (unpaired) electrons. The minimum atomic E-state index is -1.31. The highest BCUT2D eigenvalue weighted by molar-refractivity contribution is 7.80. The van der Waals surface area contributed by atoms with Gasteiger partial charge in [-0.25, -0.2) is 4.79 Å². The normalized spacial score (nSPS) is 14.2. The van der Waals surface area contributed by atoms with Gasteiger partial charge in [0, 0.05) is 5.75 Å². The lowest BCUT2D eigenvalue weighted by Crippen LogP contribution is -2.46. The van der Waals surface area contributed by atoms with E-state index < -0.39 is 24.0 Å². The zero-order valence-corrected chi connectivity index (χ0v) is 8.62. The van der Waals surface area contributed by atoms with Crippen LogP contribution in [-0.4, -0.2) is 40.0 Å². The van der Waals surface area contributed by atoms with Crippen LogP contribution in [0.15, 0.2) is 12.2 Å².